The van der Waals surface area contributed by atoms with E-state index in [2.05, 4.69) is 11.9 Å². The van der Waals surface area contributed by atoms with E-state index in [-0.39, 0.29) is 5.56 Å². The number of hydrogen-bond acceptors (Lipinski definition) is 4. The van der Waals surface area contributed by atoms with Crippen LogP contribution in [0.3, 0.4) is 0 Å². The van der Waals surface area contributed by atoms with Crippen LogP contribution in [0.2, 0.25) is 5.02 Å². The minimum atomic E-state index is -0.411. The van der Waals surface area contributed by atoms with Gasteiger partial charge < -0.3 is 9.30 Å². The second-order valence-electron chi connectivity index (χ2n) is 6.83. The van der Waals surface area contributed by atoms with E-state index < -0.39 is 5.97 Å². The molecule has 0 aliphatic rings. The Bertz CT molecular complexity index is 1080. The van der Waals surface area contributed by atoms with Gasteiger partial charge in [-0.25, -0.2) is 4.79 Å². The molecule has 0 unspecified atom stereocenters. The fraction of sp³-hybridized carbons (Fsp3) is 0.261. The zero-order valence-corrected chi connectivity index (χ0v) is 17.3. The van der Waals surface area contributed by atoms with E-state index >= 15 is 0 Å². The van der Waals surface area contributed by atoms with Gasteiger partial charge in [0.25, 0.3) is 5.56 Å². The zero-order chi connectivity index (χ0) is 20.8. The largest absolute Gasteiger partial charge is 0.465 e. The molecule has 6 heteroatoms. The van der Waals surface area contributed by atoms with Crippen molar-refractivity contribution in [2.24, 2.45) is 0 Å². The smallest absolute Gasteiger partial charge is 0.338 e. The molecule has 0 aliphatic carbocycles. The molecule has 0 aliphatic heterocycles. The maximum absolute atomic E-state index is 12.4. The lowest BCUT2D eigenvalue weighted by Crippen LogP contribution is -2.16. The van der Waals surface area contributed by atoms with Gasteiger partial charge in [0.15, 0.2) is 0 Å². The summed E-state index contributed by atoms with van der Waals surface area (Å²) in [6.07, 6.45) is 4.40. The predicted octanol–water partition coefficient (Wildman–Crippen LogP) is 4.74. The van der Waals surface area contributed by atoms with Gasteiger partial charge in [-0.1, -0.05) is 49.2 Å². The van der Waals surface area contributed by atoms with Crippen molar-refractivity contribution in [3.05, 3.63) is 87.1 Å². The standard InChI is InChI=1S/C23H23ClN2O3/c1-3-4-8-19-13-22(27)25-15-26(19)14-16-9-10-20(21(11-16)23(28)29-2)17-6-5-7-18(24)12-17/h5-7,9-13,15H,3-4,8,14H2,1-2H3. The Labute approximate surface area is 174 Å². The van der Waals surface area contributed by atoms with E-state index in [9.17, 15) is 9.59 Å². The summed E-state index contributed by atoms with van der Waals surface area (Å²) in [4.78, 5) is 28.0. The Morgan fingerprint density at radius 1 is 1.17 bits per heavy atom. The van der Waals surface area contributed by atoms with E-state index in [0.717, 1.165) is 41.6 Å². The maximum atomic E-state index is 12.4. The Balaban J connectivity index is 2.00. The Morgan fingerprint density at radius 2 is 2.00 bits per heavy atom. The molecule has 0 amide bonds. The number of halogens is 1. The monoisotopic (exact) mass is 410 g/mol. The number of aryl methyl sites for hydroxylation is 1. The van der Waals surface area contributed by atoms with Crippen LogP contribution < -0.4 is 5.56 Å². The van der Waals surface area contributed by atoms with Crippen LogP contribution in [0.4, 0.5) is 0 Å². The Kier molecular flexibility index (Phi) is 6.83. The third kappa shape index (κ3) is 5.12. The third-order valence-electron chi connectivity index (χ3n) is 4.75. The van der Waals surface area contributed by atoms with Crippen LogP contribution >= 0.6 is 11.6 Å². The Morgan fingerprint density at radius 3 is 2.72 bits per heavy atom. The summed E-state index contributed by atoms with van der Waals surface area (Å²) in [5, 5.41) is 0.599. The normalized spacial score (nSPS) is 10.7. The van der Waals surface area contributed by atoms with E-state index in [4.69, 9.17) is 16.3 Å². The lowest BCUT2D eigenvalue weighted by atomic mass is 9.97. The highest BCUT2D eigenvalue weighted by molar-refractivity contribution is 6.30. The second-order valence-corrected chi connectivity index (χ2v) is 7.27. The number of ether oxygens (including phenoxy) is 1. The molecular formula is C23H23ClN2O3. The summed E-state index contributed by atoms with van der Waals surface area (Å²) in [6.45, 7) is 2.62. The van der Waals surface area contributed by atoms with Gasteiger partial charge >= 0.3 is 5.97 Å². The molecule has 0 saturated heterocycles. The van der Waals surface area contributed by atoms with Crippen LogP contribution in [0.25, 0.3) is 11.1 Å². The summed E-state index contributed by atoms with van der Waals surface area (Å²) in [7, 11) is 1.37. The molecule has 3 aromatic rings. The van der Waals surface area contributed by atoms with Crippen molar-refractivity contribution >= 4 is 17.6 Å². The van der Waals surface area contributed by atoms with Gasteiger partial charge in [0.2, 0.25) is 0 Å². The third-order valence-corrected chi connectivity index (χ3v) is 4.98. The lowest BCUT2D eigenvalue weighted by molar-refractivity contribution is 0.0601. The zero-order valence-electron chi connectivity index (χ0n) is 16.5. The number of carbonyl (C=O) groups excluding carboxylic acids is 1. The number of nitrogens with zero attached hydrogens (tertiary/aromatic N) is 2. The molecule has 1 heterocycles. The highest BCUT2D eigenvalue weighted by Gasteiger charge is 2.15. The van der Waals surface area contributed by atoms with Crippen molar-refractivity contribution in [1.82, 2.24) is 9.55 Å². The van der Waals surface area contributed by atoms with Crippen molar-refractivity contribution in [3.63, 3.8) is 0 Å². The molecule has 29 heavy (non-hydrogen) atoms. The number of unbranched alkanes of at least 4 members (excludes halogenated alkanes) is 1. The number of methoxy groups -OCH3 is 1. The highest BCUT2D eigenvalue weighted by Crippen LogP contribution is 2.28. The average molecular weight is 411 g/mol. The van der Waals surface area contributed by atoms with Crippen LogP contribution in [0.15, 0.2) is 59.7 Å². The number of esters is 1. The van der Waals surface area contributed by atoms with Crippen LogP contribution in [0.1, 0.15) is 41.4 Å². The summed E-state index contributed by atoms with van der Waals surface area (Å²) in [5.41, 5.74) is 3.69. The van der Waals surface area contributed by atoms with Crippen molar-refractivity contribution in [3.8, 4) is 11.1 Å². The molecule has 0 N–H and O–H groups in total. The van der Waals surface area contributed by atoms with Gasteiger partial charge in [-0.15, -0.1) is 0 Å². The first-order valence-corrected chi connectivity index (χ1v) is 9.92. The SMILES string of the molecule is CCCCc1cc(=O)ncn1Cc1ccc(-c2cccc(Cl)c2)c(C(=O)OC)c1. The average Bonchev–Trinajstić information content (AvgIpc) is 2.73. The molecule has 0 bridgehead atoms. The fourth-order valence-corrected chi connectivity index (χ4v) is 3.44. The molecule has 0 radical (unpaired) electrons. The molecule has 3 rings (SSSR count). The number of aromatic nitrogens is 2. The van der Waals surface area contributed by atoms with Gasteiger partial charge in [0.05, 0.1) is 19.0 Å². The molecule has 0 spiro atoms. The Hall–Kier alpha value is -2.92. The number of benzene rings is 2. The second kappa shape index (κ2) is 9.52. The van der Waals surface area contributed by atoms with E-state index in [1.807, 2.05) is 41.0 Å². The number of hydrogen-bond donors (Lipinski definition) is 0. The topological polar surface area (TPSA) is 61.2 Å². The molecule has 2 aromatic carbocycles. The van der Waals surface area contributed by atoms with E-state index in [1.165, 1.54) is 7.11 Å². The van der Waals surface area contributed by atoms with Crippen molar-refractivity contribution in [2.75, 3.05) is 7.11 Å². The molecular weight excluding hydrogens is 388 g/mol. The van der Waals surface area contributed by atoms with Crippen molar-refractivity contribution in [1.29, 1.82) is 0 Å². The minimum absolute atomic E-state index is 0.237. The van der Waals surface area contributed by atoms with Crippen molar-refractivity contribution in [2.45, 2.75) is 32.7 Å². The maximum Gasteiger partial charge on any atom is 0.338 e. The number of rotatable bonds is 7. The molecule has 0 fully saturated rings. The molecule has 5 nitrogen and oxygen atoms in total. The first-order chi connectivity index (χ1) is 14.0. The van der Waals surface area contributed by atoms with Crippen LogP contribution in [0, 0.1) is 0 Å². The summed E-state index contributed by atoms with van der Waals surface area (Å²) < 4.78 is 6.94. The van der Waals surface area contributed by atoms with E-state index in [0.29, 0.717) is 17.1 Å². The highest BCUT2D eigenvalue weighted by atomic mass is 35.5. The predicted molar refractivity (Wildman–Crippen MR) is 114 cm³/mol. The molecule has 1 aromatic heterocycles. The fourth-order valence-electron chi connectivity index (χ4n) is 3.25. The first-order valence-electron chi connectivity index (χ1n) is 9.54. The van der Waals surface area contributed by atoms with Gasteiger partial charge in [0, 0.05) is 23.3 Å². The van der Waals surface area contributed by atoms with Gasteiger partial charge in [-0.3, -0.25) is 4.79 Å². The molecule has 0 saturated carbocycles. The molecule has 0 atom stereocenters. The summed E-state index contributed by atoms with van der Waals surface area (Å²) >= 11 is 6.12. The first kappa shape index (κ1) is 20.8. The summed E-state index contributed by atoms with van der Waals surface area (Å²) in [5.74, 6) is -0.411. The minimum Gasteiger partial charge on any atom is -0.465 e. The summed E-state index contributed by atoms with van der Waals surface area (Å²) in [6, 6.07) is 14.6. The number of carbonyl (C=O) groups is 1. The molecule has 150 valence electrons. The van der Waals surface area contributed by atoms with Crippen LogP contribution in [0.5, 0.6) is 0 Å². The van der Waals surface area contributed by atoms with E-state index in [1.54, 1.807) is 18.5 Å². The van der Waals surface area contributed by atoms with Gasteiger partial charge in [-0.2, -0.15) is 4.98 Å². The quantitative estimate of drug-likeness (QED) is 0.528. The van der Waals surface area contributed by atoms with Gasteiger partial charge in [-0.05, 0) is 47.7 Å². The van der Waals surface area contributed by atoms with Crippen molar-refractivity contribution < 1.29 is 9.53 Å². The lowest BCUT2D eigenvalue weighted by Gasteiger charge is -2.15. The van der Waals surface area contributed by atoms with Crippen LogP contribution in [-0.4, -0.2) is 22.6 Å². The van der Waals surface area contributed by atoms with Gasteiger partial charge in [0.1, 0.15) is 0 Å². The van der Waals surface area contributed by atoms with Crippen LogP contribution in [-0.2, 0) is 17.7 Å².